The van der Waals surface area contributed by atoms with Gasteiger partial charge in [-0.1, -0.05) is 72.2 Å². The highest BCUT2D eigenvalue weighted by molar-refractivity contribution is 14.1. The van der Waals surface area contributed by atoms with Crippen LogP contribution in [0.1, 0.15) is 55.9 Å². The molecule has 6 nitrogen and oxygen atoms in total. The molecule has 7 heteroatoms. The summed E-state index contributed by atoms with van der Waals surface area (Å²) in [7, 11) is 4.66. The Kier molecular flexibility index (Phi) is 12.9. The summed E-state index contributed by atoms with van der Waals surface area (Å²) in [6.45, 7) is 0.455. The highest BCUT2D eigenvalue weighted by Gasteiger charge is 2.16. The predicted molar refractivity (Wildman–Crippen MR) is 199 cm³/mol. The van der Waals surface area contributed by atoms with Crippen LogP contribution in [-0.4, -0.2) is 40.5 Å². The molecule has 0 aliphatic heterocycles. The van der Waals surface area contributed by atoms with Crippen molar-refractivity contribution >= 4 is 28.6 Å². The molecule has 5 rings (SSSR count). The largest absolute Gasteiger partial charge is 0.497 e. The van der Waals surface area contributed by atoms with E-state index < -0.39 is 0 Å². The summed E-state index contributed by atoms with van der Waals surface area (Å²) in [5, 5.41) is 0. The van der Waals surface area contributed by atoms with Crippen LogP contribution in [0.2, 0.25) is 0 Å². The third-order valence-electron chi connectivity index (χ3n) is 7.64. The van der Waals surface area contributed by atoms with E-state index in [1.54, 1.807) is 38.5 Å². The lowest BCUT2D eigenvalue weighted by atomic mass is 10.00. The zero-order valence-corrected chi connectivity index (χ0v) is 29.6. The minimum absolute atomic E-state index is 0.199. The van der Waals surface area contributed by atoms with E-state index in [0.29, 0.717) is 5.56 Å². The number of esters is 1. The monoisotopic (exact) mass is 762 g/mol. The molecular weight excluding hydrogens is 727 g/mol. The molecule has 0 N–H and O–H groups in total. The van der Waals surface area contributed by atoms with Crippen LogP contribution in [0.5, 0.6) is 11.5 Å². The summed E-state index contributed by atoms with van der Waals surface area (Å²) >= 11 is 2.30. The van der Waals surface area contributed by atoms with Crippen molar-refractivity contribution in [2.45, 2.75) is 12.2 Å². The second-order valence-electron chi connectivity index (χ2n) is 10.8. The Bertz CT molecular complexity index is 1930. The summed E-state index contributed by atoms with van der Waals surface area (Å²) in [6, 6.07) is 39.0. The van der Waals surface area contributed by atoms with E-state index in [-0.39, 0.29) is 31.4 Å². The van der Waals surface area contributed by atoms with Crippen molar-refractivity contribution in [2.75, 3.05) is 34.5 Å². The minimum atomic E-state index is -0.383. The Balaban J connectivity index is 1.27. The van der Waals surface area contributed by atoms with Gasteiger partial charge in [-0.2, -0.15) is 0 Å². The first-order valence-corrected chi connectivity index (χ1v) is 16.6. The lowest BCUT2D eigenvalue weighted by Crippen LogP contribution is -2.07. The van der Waals surface area contributed by atoms with Crippen molar-refractivity contribution in [1.82, 2.24) is 0 Å². The molecule has 0 amide bonds. The molecule has 0 aliphatic rings. The van der Waals surface area contributed by atoms with E-state index in [0.717, 1.165) is 48.4 Å². The lowest BCUT2D eigenvalue weighted by Gasteiger charge is -2.18. The number of carbonyl (C=O) groups excluding carboxylic acids is 1. The SMILES string of the molecule is COC(=O)c1ccc(C#CCOC(c2ccc(C#CCOC(c3ccc(I)cc3)c3ccc(OC)cc3)cc2)c2ccc(OC)cc2)cc1. The lowest BCUT2D eigenvalue weighted by molar-refractivity contribution is 0.0600. The van der Waals surface area contributed by atoms with Crippen LogP contribution in [-0.2, 0) is 14.2 Å². The van der Waals surface area contributed by atoms with Gasteiger partial charge in [-0.3, -0.25) is 0 Å². The molecule has 2 atom stereocenters. The highest BCUT2D eigenvalue weighted by Crippen LogP contribution is 2.29. The van der Waals surface area contributed by atoms with Gasteiger partial charge >= 0.3 is 5.97 Å². The van der Waals surface area contributed by atoms with Crippen molar-refractivity contribution in [3.63, 3.8) is 0 Å². The average Bonchev–Trinajstić information content (AvgIpc) is 3.16. The maximum Gasteiger partial charge on any atom is 0.337 e. The number of benzene rings is 5. The molecular formula is C42H35IO6. The van der Waals surface area contributed by atoms with Crippen molar-refractivity contribution in [1.29, 1.82) is 0 Å². The van der Waals surface area contributed by atoms with E-state index in [1.807, 2.05) is 72.8 Å². The molecule has 0 fully saturated rings. The molecule has 49 heavy (non-hydrogen) atoms. The van der Waals surface area contributed by atoms with Crippen molar-refractivity contribution in [3.8, 4) is 35.2 Å². The summed E-state index contributed by atoms with van der Waals surface area (Å²) in [4.78, 5) is 11.7. The molecule has 0 saturated carbocycles. The van der Waals surface area contributed by atoms with Crippen LogP contribution in [0.3, 0.4) is 0 Å². The maximum absolute atomic E-state index is 11.7. The van der Waals surface area contributed by atoms with Crippen LogP contribution >= 0.6 is 22.6 Å². The predicted octanol–water partition coefficient (Wildman–Crippen LogP) is 8.41. The summed E-state index contributed by atoms with van der Waals surface area (Å²) in [5.41, 5.74) is 6.14. The molecule has 5 aromatic rings. The number of hydrogen-bond donors (Lipinski definition) is 0. The van der Waals surface area contributed by atoms with Crippen LogP contribution in [0.25, 0.3) is 0 Å². The first-order chi connectivity index (χ1) is 24.0. The quantitative estimate of drug-likeness (QED) is 0.0766. The molecule has 0 aromatic heterocycles. The Morgan fingerprint density at radius 2 is 0.918 bits per heavy atom. The first-order valence-electron chi connectivity index (χ1n) is 15.5. The van der Waals surface area contributed by atoms with Gasteiger partial charge in [-0.15, -0.1) is 0 Å². The molecule has 0 heterocycles. The summed E-state index contributed by atoms with van der Waals surface area (Å²) in [5.74, 6) is 13.8. The maximum atomic E-state index is 11.7. The van der Waals surface area contributed by atoms with E-state index in [4.69, 9.17) is 23.7 Å². The van der Waals surface area contributed by atoms with Gasteiger partial charge in [0.25, 0.3) is 0 Å². The molecule has 0 bridgehead atoms. The summed E-state index contributed by atoms with van der Waals surface area (Å²) in [6.07, 6.45) is -0.615. The third-order valence-corrected chi connectivity index (χ3v) is 8.36. The van der Waals surface area contributed by atoms with E-state index in [2.05, 4.69) is 70.5 Å². The zero-order chi connectivity index (χ0) is 34.4. The second-order valence-corrected chi connectivity index (χ2v) is 12.0. The fourth-order valence-electron chi connectivity index (χ4n) is 5.04. The Morgan fingerprint density at radius 1 is 0.551 bits per heavy atom. The molecule has 2 unspecified atom stereocenters. The number of halogens is 1. The highest BCUT2D eigenvalue weighted by atomic mass is 127. The Hall–Kier alpha value is -5.06. The van der Waals surface area contributed by atoms with Gasteiger partial charge in [0.15, 0.2) is 0 Å². The van der Waals surface area contributed by atoms with Gasteiger partial charge in [0.1, 0.15) is 36.9 Å². The van der Waals surface area contributed by atoms with Crippen molar-refractivity contribution in [2.24, 2.45) is 0 Å². The fraction of sp³-hybridized carbons (Fsp3) is 0.167. The number of hydrogen-bond acceptors (Lipinski definition) is 6. The van der Waals surface area contributed by atoms with Crippen LogP contribution < -0.4 is 9.47 Å². The molecule has 246 valence electrons. The van der Waals surface area contributed by atoms with Gasteiger partial charge in [0.05, 0.1) is 26.9 Å². The van der Waals surface area contributed by atoms with Gasteiger partial charge in [-0.05, 0) is 118 Å². The zero-order valence-electron chi connectivity index (χ0n) is 27.4. The van der Waals surface area contributed by atoms with Crippen LogP contribution in [0.15, 0.2) is 121 Å². The minimum Gasteiger partial charge on any atom is -0.497 e. The van der Waals surface area contributed by atoms with Gasteiger partial charge < -0.3 is 23.7 Å². The Morgan fingerprint density at radius 3 is 1.31 bits per heavy atom. The van der Waals surface area contributed by atoms with Gasteiger partial charge in [-0.25, -0.2) is 4.79 Å². The standard InChI is InChI=1S/C42H35IO6/c1-45-38-24-18-34(19-25-38)40(48-28-5-7-31-10-14-36(15-11-31)42(44)47-3)32-12-8-30(9-13-32)6-4-29-49-41(33-16-22-37(43)23-17-33)35-20-26-39(46-2)27-21-35/h8-27,40-41H,28-29H2,1-3H3. The smallest absolute Gasteiger partial charge is 0.337 e. The van der Waals surface area contributed by atoms with Gasteiger partial charge in [0, 0.05) is 14.7 Å². The normalized spacial score (nSPS) is 11.6. The van der Waals surface area contributed by atoms with E-state index in [9.17, 15) is 4.79 Å². The van der Waals surface area contributed by atoms with Crippen molar-refractivity contribution < 1.29 is 28.5 Å². The number of ether oxygens (including phenoxy) is 5. The third kappa shape index (κ3) is 9.98. The van der Waals surface area contributed by atoms with Gasteiger partial charge in [0.2, 0.25) is 0 Å². The number of methoxy groups -OCH3 is 3. The van der Waals surface area contributed by atoms with Crippen molar-refractivity contribution in [3.05, 3.63) is 164 Å². The molecule has 5 aromatic carbocycles. The Labute approximate surface area is 301 Å². The molecule has 0 radical (unpaired) electrons. The number of rotatable bonds is 11. The van der Waals surface area contributed by atoms with E-state index in [1.165, 1.54) is 7.11 Å². The summed E-state index contributed by atoms with van der Waals surface area (Å²) < 4.78 is 29.2. The molecule has 0 saturated heterocycles. The van der Waals surface area contributed by atoms with Crippen LogP contribution in [0, 0.1) is 27.3 Å². The second kappa shape index (κ2) is 17.9. The molecule has 0 spiro atoms. The van der Waals surface area contributed by atoms with Crippen LogP contribution in [0.4, 0.5) is 0 Å². The number of carbonyl (C=O) groups is 1. The van der Waals surface area contributed by atoms with E-state index >= 15 is 0 Å². The average molecular weight is 763 g/mol. The molecule has 0 aliphatic carbocycles. The fourth-order valence-corrected chi connectivity index (χ4v) is 5.40. The topological polar surface area (TPSA) is 63.2 Å². The first kappa shape index (κ1) is 35.3.